The maximum Gasteiger partial charge on any atom is 0.428 e. The van der Waals surface area contributed by atoms with E-state index in [1.807, 2.05) is 37.3 Å². The Bertz CT molecular complexity index is 405. The van der Waals surface area contributed by atoms with Crippen LogP contribution in [0.1, 0.15) is 33.3 Å². The molecule has 0 heterocycles. The number of benzene rings is 1. The van der Waals surface area contributed by atoms with Gasteiger partial charge in [0.2, 0.25) is 0 Å². The SMILES string of the molecule is C/C(=N\NC(=O)OC(C)(C)C)c1ccccc1. The molecule has 4 nitrogen and oxygen atoms in total. The molecule has 17 heavy (non-hydrogen) atoms. The lowest BCUT2D eigenvalue weighted by molar-refractivity contribution is 0.0529. The van der Waals surface area contributed by atoms with Crippen LogP contribution in [0, 0.1) is 0 Å². The first kappa shape index (κ1) is 13.2. The Balaban J connectivity index is 2.57. The highest BCUT2D eigenvalue weighted by Gasteiger charge is 2.15. The molecular formula is C13H18N2O2. The monoisotopic (exact) mass is 234 g/mol. The molecule has 1 N–H and O–H groups in total. The lowest BCUT2D eigenvalue weighted by Crippen LogP contribution is -2.30. The minimum atomic E-state index is -0.548. The molecule has 0 aromatic heterocycles. The molecule has 1 rings (SSSR count). The van der Waals surface area contributed by atoms with Gasteiger partial charge < -0.3 is 4.74 Å². The fourth-order valence-corrected chi connectivity index (χ4v) is 1.17. The van der Waals surface area contributed by atoms with Crippen molar-refractivity contribution in [3.63, 3.8) is 0 Å². The number of carbonyl (C=O) groups is 1. The number of carbonyl (C=O) groups excluding carboxylic acids is 1. The van der Waals surface area contributed by atoms with E-state index in [2.05, 4.69) is 10.5 Å². The summed E-state index contributed by atoms with van der Waals surface area (Å²) < 4.78 is 5.07. The van der Waals surface area contributed by atoms with Gasteiger partial charge in [-0.3, -0.25) is 0 Å². The molecule has 1 amide bonds. The zero-order valence-electron chi connectivity index (χ0n) is 10.7. The van der Waals surface area contributed by atoms with Crippen LogP contribution in [0.15, 0.2) is 35.4 Å². The van der Waals surface area contributed by atoms with Gasteiger partial charge >= 0.3 is 6.09 Å². The first-order valence-corrected chi connectivity index (χ1v) is 5.47. The summed E-state index contributed by atoms with van der Waals surface area (Å²) >= 11 is 0. The fraction of sp³-hybridized carbons (Fsp3) is 0.385. The molecule has 0 aliphatic heterocycles. The quantitative estimate of drug-likeness (QED) is 0.631. The van der Waals surface area contributed by atoms with Crippen molar-refractivity contribution in [1.82, 2.24) is 5.43 Å². The van der Waals surface area contributed by atoms with Crippen LogP contribution in [0.2, 0.25) is 0 Å². The smallest absolute Gasteiger partial charge is 0.428 e. The number of hydrogen-bond donors (Lipinski definition) is 1. The Labute approximate surface area is 102 Å². The summed E-state index contributed by atoms with van der Waals surface area (Å²) in [6.45, 7) is 7.24. The van der Waals surface area contributed by atoms with Crippen molar-refractivity contribution < 1.29 is 9.53 Å². The molecule has 0 radical (unpaired) electrons. The average Bonchev–Trinajstić information content (AvgIpc) is 2.25. The van der Waals surface area contributed by atoms with E-state index in [4.69, 9.17) is 4.74 Å². The van der Waals surface area contributed by atoms with Crippen molar-refractivity contribution >= 4 is 11.8 Å². The van der Waals surface area contributed by atoms with Gasteiger partial charge in [0, 0.05) is 0 Å². The first-order chi connectivity index (χ1) is 7.88. The Morgan fingerprint density at radius 3 is 2.35 bits per heavy atom. The number of hydrogen-bond acceptors (Lipinski definition) is 3. The van der Waals surface area contributed by atoms with Crippen LogP contribution < -0.4 is 5.43 Å². The second-order valence-electron chi connectivity index (χ2n) is 4.68. The Hall–Kier alpha value is -1.84. The number of nitrogens with zero attached hydrogens (tertiary/aromatic N) is 1. The maximum absolute atomic E-state index is 11.4. The standard InChI is InChI=1S/C13H18N2O2/c1-10(11-8-6-5-7-9-11)14-15-12(16)17-13(2,3)4/h5-9H,1-4H3,(H,15,16)/b14-10+. The molecule has 0 saturated carbocycles. The number of ether oxygens (including phenoxy) is 1. The van der Waals surface area contributed by atoms with E-state index in [0.29, 0.717) is 0 Å². The molecule has 0 aliphatic carbocycles. The number of amides is 1. The van der Waals surface area contributed by atoms with Crippen molar-refractivity contribution in [3.8, 4) is 0 Å². The number of hydrazone groups is 1. The summed E-state index contributed by atoms with van der Waals surface area (Å²) in [4.78, 5) is 11.4. The van der Waals surface area contributed by atoms with Gasteiger partial charge in [0.1, 0.15) is 5.60 Å². The third-order valence-corrected chi connectivity index (χ3v) is 1.91. The summed E-state index contributed by atoms with van der Waals surface area (Å²) in [5, 5.41) is 3.97. The molecule has 0 unspecified atom stereocenters. The summed E-state index contributed by atoms with van der Waals surface area (Å²) in [5.74, 6) is 0. The van der Waals surface area contributed by atoms with E-state index < -0.39 is 11.7 Å². The number of nitrogens with one attached hydrogen (secondary N) is 1. The molecule has 1 aromatic rings. The summed E-state index contributed by atoms with van der Waals surface area (Å²) in [7, 11) is 0. The molecule has 0 aliphatic rings. The molecule has 1 aromatic carbocycles. The van der Waals surface area contributed by atoms with Crippen molar-refractivity contribution in [2.75, 3.05) is 0 Å². The van der Waals surface area contributed by atoms with Crippen LogP contribution >= 0.6 is 0 Å². The van der Waals surface area contributed by atoms with Gasteiger partial charge in [-0.05, 0) is 33.3 Å². The van der Waals surface area contributed by atoms with E-state index in [1.54, 1.807) is 20.8 Å². The Kier molecular flexibility index (Phi) is 4.26. The average molecular weight is 234 g/mol. The third-order valence-electron chi connectivity index (χ3n) is 1.91. The van der Waals surface area contributed by atoms with Crippen molar-refractivity contribution in [2.24, 2.45) is 5.10 Å². The predicted molar refractivity (Wildman–Crippen MR) is 68.0 cm³/mol. The van der Waals surface area contributed by atoms with Gasteiger partial charge in [0.25, 0.3) is 0 Å². The molecular weight excluding hydrogens is 216 g/mol. The van der Waals surface area contributed by atoms with Gasteiger partial charge in [0.05, 0.1) is 5.71 Å². The lowest BCUT2D eigenvalue weighted by atomic mass is 10.1. The molecule has 0 fully saturated rings. The molecule has 0 saturated heterocycles. The second-order valence-corrected chi connectivity index (χ2v) is 4.68. The molecule has 4 heteroatoms. The van der Waals surface area contributed by atoms with Gasteiger partial charge in [-0.1, -0.05) is 30.3 Å². The van der Waals surface area contributed by atoms with E-state index in [-0.39, 0.29) is 0 Å². The number of rotatable bonds is 2. The van der Waals surface area contributed by atoms with Gasteiger partial charge in [-0.2, -0.15) is 5.10 Å². The van der Waals surface area contributed by atoms with Gasteiger partial charge in [-0.15, -0.1) is 0 Å². The largest absolute Gasteiger partial charge is 0.443 e. The summed E-state index contributed by atoms with van der Waals surface area (Å²) in [5.41, 5.74) is 3.55. The van der Waals surface area contributed by atoms with Crippen LogP contribution in [0.25, 0.3) is 0 Å². The topological polar surface area (TPSA) is 50.7 Å². The molecule has 0 bridgehead atoms. The molecule has 92 valence electrons. The van der Waals surface area contributed by atoms with Crippen molar-refractivity contribution in [3.05, 3.63) is 35.9 Å². The first-order valence-electron chi connectivity index (χ1n) is 5.47. The maximum atomic E-state index is 11.4. The van der Waals surface area contributed by atoms with E-state index in [0.717, 1.165) is 11.3 Å². The van der Waals surface area contributed by atoms with Gasteiger partial charge in [0.15, 0.2) is 0 Å². The van der Waals surface area contributed by atoms with Crippen LogP contribution in [-0.4, -0.2) is 17.4 Å². The van der Waals surface area contributed by atoms with E-state index >= 15 is 0 Å². The third kappa shape index (κ3) is 5.15. The second kappa shape index (κ2) is 5.48. The molecule has 0 spiro atoms. The highest BCUT2D eigenvalue weighted by atomic mass is 16.6. The fourth-order valence-electron chi connectivity index (χ4n) is 1.17. The molecule has 0 atom stereocenters. The minimum absolute atomic E-state index is 0.514. The summed E-state index contributed by atoms with van der Waals surface area (Å²) in [6.07, 6.45) is -0.548. The van der Waals surface area contributed by atoms with Crippen molar-refractivity contribution in [1.29, 1.82) is 0 Å². The van der Waals surface area contributed by atoms with Crippen LogP contribution in [0.3, 0.4) is 0 Å². The van der Waals surface area contributed by atoms with Crippen LogP contribution in [-0.2, 0) is 4.74 Å². The van der Waals surface area contributed by atoms with E-state index in [9.17, 15) is 4.79 Å². The minimum Gasteiger partial charge on any atom is -0.443 e. The Morgan fingerprint density at radius 2 is 1.82 bits per heavy atom. The summed E-state index contributed by atoms with van der Waals surface area (Å²) in [6, 6.07) is 9.62. The highest BCUT2D eigenvalue weighted by molar-refractivity contribution is 5.98. The van der Waals surface area contributed by atoms with Gasteiger partial charge in [-0.25, -0.2) is 10.2 Å². The predicted octanol–water partition coefficient (Wildman–Crippen LogP) is 2.94. The highest BCUT2D eigenvalue weighted by Crippen LogP contribution is 2.06. The van der Waals surface area contributed by atoms with E-state index in [1.165, 1.54) is 0 Å². The zero-order valence-corrected chi connectivity index (χ0v) is 10.7. The van der Waals surface area contributed by atoms with Crippen LogP contribution in [0.4, 0.5) is 4.79 Å². The lowest BCUT2D eigenvalue weighted by Gasteiger charge is -2.18. The Morgan fingerprint density at radius 1 is 1.24 bits per heavy atom. The normalized spacial score (nSPS) is 12.1. The van der Waals surface area contributed by atoms with Crippen LogP contribution in [0.5, 0.6) is 0 Å². The zero-order chi connectivity index (χ0) is 12.9. The van der Waals surface area contributed by atoms with Crippen molar-refractivity contribution in [2.45, 2.75) is 33.3 Å².